The van der Waals surface area contributed by atoms with Gasteiger partial charge in [0.1, 0.15) is 5.25 Å². The second-order valence-corrected chi connectivity index (χ2v) is 9.11. The Balaban J connectivity index is 1.72. The number of aliphatic imine (C=N–C) groups is 1. The second-order valence-electron chi connectivity index (χ2n) is 7.94. The van der Waals surface area contributed by atoms with Gasteiger partial charge < -0.3 is 5.32 Å². The van der Waals surface area contributed by atoms with Crippen LogP contribution in [0, 0.1) is 20.8 Å². The molecular weight excluding hydrogens is 370 g/mol. The minimum Gasteiger partial charge on any atom is -0.353 e. The number of carbonyl (C=O) groups is 2. The molecule has 6 heteroatoms. The highest BCUT2D eigenvalue weighted by Crippen LogP contribution is 2.34. The molecule has 1 aliphatic heterocycles. The molecule has 28 heavy (non-hydrogen) atoms. The van der Waals surface area contributed by atoms with Crippen LogP contribution in [-0.2, 0) is 9.59 Å². The van der Waals surface area contributed by atoms with Crippen molar-refractivity contribution in [1.82, 2.24) is 10.2 Å². The molecule has 1 aromatic carbocycles. The minimum atomic E-state index is -0.381. The molecule has 152 valence electrons. The highest BCUT2D eigenvalue weighted by molar-refractivity contribution is 8.15. The molecule has 1 unspecified atom stereocenters. The van der Waals surface area contributed by atoms with Crippen LogP contribution in [0.25, 0.3) is 0 Å². The monoisotopic (exact) mass is 401 g/mol. The van der Waals surface area contributed by atoms with Crippen molar-refractivity contribution in [2.45, 2.75) is 77.5 Å². The molecule has 0 spiro atoms. The van der Waals surface area contributed by atoms with Crippen LogP contribution in [0.2, 0.25) is 0 Å². The van der Waals surface area contributed by atoms with E-state index >= 15 is 0 Å². The van der Waals surface area contributed by atoms with Gasteiger partial charge in [-0.2, -0.15) is 0 Å². The fraction of sp³-hybridized carbons (Fsp3) is 0.591. The third-order valence-corrected chi connectivity index (χ3v) is 6.70. The number of carbonyl (C=O) groups excluding carboxylic acids is 2. The molecule has 3 rings (SSSR count). The molecule has 1 aliphatic carbocycles. The summed E-state index contributed by atoms with van der Waals surface area (Å²) in [4.78, 5) is 31.9. The first-order valence-corrected chi connectivity index (χ1v) is 11.2. The zero-order valence-corrected chi connectivity index (χ0v) is 18.2. The summed E-state index contributed by atoms with van der Waals surface area (Å²) in [7, 11) is 0. The summed E-state index contributed by atoms with van der Waals surface area (Å²) in [6, 6.07) is 4.49. The summed E-state index contributed by atoms with van der Waals surface area (Å²) in [5.41, 5.74) is 4.34. The Morgan fingerprint density at radius 2 is 1.82 bits per heavy atom. The van der Waals surface area contributed by atoms with E-state index in [1.54, 1.807) is 4.90 Å². The van der Waals surface area contributed by atoms with Gasteiger partial charge in [-0.3, -0.25) is 14.5 Å². The maximum atomic E-state index is 12.8. The predicted molar refractivity (Wildman–Crippen MR) is 116 cm³/mol. The first kappa shape index (κ1) is 20.9. The number of hydrogen-bond acceptors (Lipinski definition) is 4. The number of aryl methyl sites for hydroxylation is 3. The summed E-state index contributed by atoms with van der Waals surface area (Å²) in [6.07, 6.45) is 5.94. The Morgan fingerprint density at radius 1 is 1.18 bits per heavy atom. The zero-order chi connectivity index (χ0) is 20.3. The molecule has 5 nitrogen and oxygen atoms in total. The van der Waals surface area contributed by atoms with E-state index in [0.29, 0.717) is 11.7 Å². The molecular formula is C22H31N3O2S. The number of hydrogen-bond donors (Lipinski definition) is 1. The van der Waals surface area contributed by atoms with Crippen molar-refractivity contribution < 1.29 is 9.59 Å². The number of nitrogens with zero attached hydrogens (tertiary/aromatic N) is 2. The molecule has 1 N–H and O–H groups in total. The topological polar surface area (TPSA) is 61.8 Å². The van der Waals surface area contributed by atoms with Gasteiger partial charge in [-0.25, -0.2) is 4.99 Å². The van der Waals surface area contributed by atoms with Gasteiger partial charge in [-0.05, 0) is 51.7 Å². The fourth-order valence-corrected chi connectivity index (χ4v) is 5.37. The normalized spacial score (nSPS) is 22.1. The van der Waals surface area contributed by atoms with Crippen LogP contribution in [0.5, 0.6) is 0 Å². The van der Waals surface area contributed by atoms with E-state index in [1.165, 1.54) is 36.6 Å². The van der Waals surface area contributed by atoms with Gasteiger partial charge in [0.15, 0.2) is 5.17 Å². The van der Waals surface area contributed by atoms with Gasteiger partial charge in [0.05, 0.1) is 5.69 Å². The molecule has 1 atom stereocenters. The van der Waals surface area contributed by atoms with Crippen molar-refractivity contribution in [3.05, 3.63) is 28.8 Å². The summed E-state index contributed by atoms with van der Waals surface area (Å²) < 4.78 is 0. The first-order chi connectivity index (χ1) is 13.4. The first-order valence-electron chi connectivity index (χ1n) is 10.3. The van der Waals surface area contributed by atoms with Crippen LogP contribution in [0.1, 0.15) is 62.1 Å². The molecule has 0 radical (unpaired) electrons. The van der Waals surface area contributed by atoms with Crippen molar-refractivity contribution in [2.24, 2.45) is 4.99 Å². The SMILES string of the molecule is CCN1C(=O)C(CC(=O)NC2CCCCC2)SC1=Nc1c(C)cc(C)cc1C. The molecule has 2 aliphatic rings. The summed E-state index contributed by atoms with van der Waals surface area (Å²) in [5, 5.41) is 3.45. The minimum absolute atomic E-state index is 0.00698. The smallest absolute Gasteiger partial charge is 0.242 e. The maximum absolute atomic E-state index is 12.8. The summed E-state index contributed by atoms with van der Waals surface area (Å²) in [6.45, 7) is 8.69. The highest BCUT2D eigenvalue weighted by atomic mass is 32.2. The van der Waals surface area contributed by atoms with Crippen molar-refractivity contribution >= 4 is 34.4 Å². The number of amidine groups is 1. The third kappa shape index (κ3) is 4.77. The molecule has 1 saturated carbocycles. The number of nitrogens with one attached hydrogen (secondary N) is 1. The average molecular weight is 402 g/mol. The van der Waals surface area contributed by atoms with Crippen LogP contribution < -0.4 is 5.32 Å². The lowest BCUT2D eigenvalue weighted by Crippen LogP contribution is -2.39. The lowest BCUT2D eigenvalue weighted by Gasteiger charge is -2.23. The van der Waals surface area contributed by atoms with E-state index in [9.17, 15) is 9.59 Å². The van der Waals surface area contributed by atoms with Gasteiger partial charge in [0, 0.05) is 19.0 Å². The summed E-state index contributed by atoms with van der Waals surface area (Å²) >= 11 is 1.42. The lowest BCUT2D eigenvalue weighted by atomic mass is 9.95. The Hall–Kier alpha value is -1.82. The van der Waals surface area contributed by atoms with Crippen LogP contribution in [-0.4, -0.2) is 39.7 Å². The van der Waals surface area contributed by atoms with Gasteiger partial charge in [-0.15, -0.1) is 0 Å². The van der Waals surface area contributed by atoms with Crippen molar-refractivity contribution in [3.8, 4) is 0 Å². The Morgan fingerprint density at radius 3 is 2.43 bits per heavy atom. The molecule has 2 amide bonds. The summed E-state index contributed by atoms with van der Waals surface area (Å²) in [5.74, 6) is -0.0230. The lowest BCUT2D eigenvalue weighted by molar-refractivity contribution is -0.129. The number of thioether (sulfide) groups is 1. The molecule has 0 bridgehead atoms. The van der Waals surface area contributed by atoms with Gasteiger partial charge in [0.2, 0.25) is 11.8 Å². The van der Waals surface area contributed by atoms with Crippen LogP contribution >= 0.6 is 11.8 Å². The number of benzene rings is 1. The van der Waals surface area contributed by atoms with E-state index in [2.05, 4.69) is 24.4 Å². The Kier molecular flexibility index (Phi) is 6.81. The molecule has 1 aromatic rings. The van der Waals surface area contributed by atoms with Gasteiger partial charge >= 0.3 is 0 Å². The highest BCUT2D eigenvalue weighted by Gasteiger charge is 2.38. The maximum Gasteiger partial charge on any atom is 0.242 e. The average Bonchev–Trinajstić information content (AvgIpc) is 2.93. The predicted octanol–water partition coefficient (Wildman–Crippen LogP) is 4.40. The largest absolute Gasteiger partial charge is 0.353 e. The molecule has 2 fully saturated rings. The van der Waals surface area contributed by atoms with Crippen molar-refractivity contribution in [1.29, 1.82) is 0 Å². The van der Waals surface area contributed by atoms with Crippen molar-refractivity contribution in [2.75, 3.05) is 6.54 Å². The molecule has 0 aromatic heterocycles. The van der Waals surface area contributed by atoms with E-state index in [-0.39, 0.29) is 29.5 Å². The quantitative estimate of drug-likeness (QED) is 0.795. The second kappa shape index (κ2) is 9.12. The number of amides is 2. The fourth-order valence-electron chi connectivity index (χ4n) is 4.16. The van der Waals surface area contributed by atoms with E-state index in [4.69, 9.17) is 4.99 Å². The zero-order valence-electron chi connectivity index (χ0n) is 17.4. The Bertz CT molecular complexity index is 761. The van der Waals surface area contributed by atoms with Crippen LogP contribution in [0.4, 0.5) is 5.69 Å². The molecule has 1 heterocycles. The van der Waals surface area contributed by atoms with Crippen molar-refractivity contribution in [3.63, 3.8) is 0 Å². The number of rotatable bonds is 5. The van der Waals surface area contributed by atoms with E-state index in [0.717, 1.165) is 29.7 Å². The third-order valence-electron chi connectivity index (χ3n) is 5.52. The van der Waals surface area contributed by atoms with E-state index < -0.39 is 0 Å². The van der Waals surface area contributed by atoms with Gasteiger partial charge in [-0.1, -0.05) is 48.7 Å². The van der Waals surface area contributed by atoms with E-state index in [1.807, 2.05) is 20.8 Å². The van der Waals surface area contributed by atoms with Crippen LogP contribution in [0.15, 0.2) is 17.1 Å². The Labute approximate surface area is 172 Å². The standard InChI is InChI=1S/C22H31N3O2S/c1-5-25-21(27)18(13-19(26)23-17-9-7-6-8-10-17)28-22(25)24-20-15(3)11-14(2)12-16(20)4/h11-12,17-18H,5-10,13H2,1-4H3,(H,23,26). The molecule has 1 saturated heterocycles. The van der Waals surface area contributed by atoms with Crippen LogP contribution in [0.3, 0.4) is 0 Å². The van der Waals surface area contributed by atoms with Gasteiger partial charge in [0.25, 0.3) is 0 Å².